The third kappa shape index (κ3) is 4.95. The van der Waals surface area contributed by atoms with E-state index in [-0.39, 0.29) is 10.8 Å². The van der Waals surface area contributed by atoms with Gasteiger partial charge in [0.1, 0.15) is 0 Å². The monoisotopic (exact) mass is 837 g/mol. The number of nitrogens with zero attached hydrogens (tertiary/aromatic N) is 1. The quantitative estimate of drug-likeness (QED) is 0.167. The van der Waals surface area contributed by atoms with Gasteiger partial charge < -0.3 is 4.90 Å². The zero-order valence-electron chi connectivity index (χ0n) is 36.2. The number of hydrogen-bond acceptors (Lipinski definition) is 2. The smallest absolute Gasteiger partial charge is 0.0540 e. The Labute approximate surface area is 379 Å². The van der Waals surface area contributed by atoms with Crippen LogP contribution >= 0.6 is 11.3 Å². The highest BCUT2D eigenvalue weighted by molar-refractivity contribution is 7.26. The summed E-state index contributed by atoms with van der Waals surface area (Å²) in [5, 5.41) is 5.28. The minimum absolute atomic E-state index is 0.0852. The predicted octanol–water partition coefficient (Wildman–Crippen LogP) is 17.4. The molecule has 4 aliphatic rings. The Balaban J connectivity index is 0.976. The number of hydrogen-bond donors (Lipinski definition) is 0. The van der Waals surface area contributed by atoms with Crippen molar-refractivity contribution in [2.45, 2.75) is 50.4 Å². The fourth-order valence-corrected chi connectivity index (χ4v) is 14.8. The van der Waals surface area contributed by atoms with Crippen LogP contribution in [0.4, 0.5) is 17.1 Å². The normalized spacial score (nSPS) is 19.7. The second-order valence-corrected chi connectivity index (χ2v) is 20.6. The summed E-state index contributed by atoms with van der Waals surface area (Å²) in [6.45, 7) is 4.78. The lowest BCUT2D eigenvalue weighted by atomic mass is 9.67. The highest BCUT2D eigenvalue weighted by Crippen LogP contribution is 2.66. The van der Waals surface area contributed by atoms with Crippen molar-refractivity contribution in [3.05, 3.63) is 210 Å². The number of benzene rings is 9. The first kappa shape index (κ1) is 36.7. The zero-order chi connectivity index (χ0) is 42.3. The van der Waals surface area contributed by atoms with E-state index in [0.717, 1.165) is 11.6 Å². The van der Waals surface area contributed by atoms with E-state index in [1.807, 2.05) is 11.3 Å². The predicted molar refractivity (Wildman–Crippen MR) is 272 cm³/mol. The molecule has 1 nitrogen and oxygen atoms in total. The van der Waals surface area contributed by atoms with Crippen LogP contribution in [0.3, 0.4) is 0 Å². The third-order valence-corrected chi connectivity index (χ3v) is 17.3. The second kappa shape index (κ2) is 13.4. The maximum Gasteiger partial charge on any atom is 0.0540 e. The van der Waals surface area contributed by atoms with Gasteiger partial charge >= 0.3 is 0 Å². The lowest BCUT2D eigenvalue weighted by molar-refractivity contribution is 0.327. The van der Waals surface area contributed by atoms with Crippen LogP contribution in [0.2, 0.25) is 0 Å². The molecule has 10 aromatic rings. The number of anilines is 3. The Hall–Kier alpha value is -6.74. The average molecular weight is 838 g/mol. The first-order valence-electron chi connectivity index (χ1n) is 23.3. The zero-order valence-corrected chi connectivity index (χ0v) is 37.1. The molecule has 3 atom stereocenters. The van der Waals surface area contributed by atoms with E-state index in [1.165, 1.54) is 129 Å². The molecule has 14 rings (SSSR count). The molecule has 1 heterocycles. The molecule has 64 heavy (non-hydrogen) atoms. The summed E-state index contributed by atoms with van der Waals surface area (Å²) < 4.78 is 2.68. The summed E-state index contributed by atoms with van der Waals surface area (Å²) in [5.41, 5.74) is 20.2. The summed E-state index contributed by atoms with van der Waals surface area (Å²) in [4.78, 5) is 2.57. The molecule has 4 aliphatic carbocycles. The molecule has 1 aromatic heterocycles. The van der Waals surface area contributed by atoms with Crippen molar-refractivity contribution < 1.29 is 0 Å². The Bertz CT molecular complexity index is 3570. The summed E-state index contributed by atoms with van der Waals surface area (Å²) in [5.74, 6) is 1.51. The largest absolute Gasteiger partial charge is 0.310 e. The molecule has 2 saturated carbocycles. The van der Waals surface area contributed by atoms with Gasteiger partial charge in [-0.05, 0) is 139 Å². The topological polar surface area (TPSA) is 3.24 Å². The van der Waals surface area contributed by atoms with Crippen molar-refractivity contribution in [1.29, 1.82) is 0 Å². The van der Waals surface area contributed by atoms with Crippen LogP contribution in [0.5, 0.6) is 0 Å². The fraction of sp³-hybridized carbons (Fsp3) is 0.161. The number of thiophene rings is 1. The van der Waals surface area contributed by atoms with Crippen molar-refractivity contribution in [2.75, 3.05) is 4.90 Å². The van der Waals surface area contributed by atoms with Gasteiger partial charge in [-0.1, -0.05) is 172 Å². The van der Waals surface area contributed by atoms with Crippen LogP contribution in [0.15, 0.2) is 188 Å². The van der Waals surface area contributed by atoms with E-state index in [2.05, 4.69) is 207 Å². The Kier molecular flexibility index (Phi) is 7.68. The standard InChI is InChI=1S/C62H47NS/c1-61(2)53-21-8-5-16-47(53)51-20-11-18-44(59(51)61)40-26-30-42(31-27-40)63(43-32-34-48-46-15-6-9-22-54(46)62(55(48)36-43)37-38-25-29-41(62)35-38)56-23-10-7-17-49(56)50-19-12-24-57-58(50)52-33-28-39-13-3-4-14-45(39)60(52)64-57/h3-24,26-28,30-34,36,38,41H,25,29,35,37H2,1-2H3. The second-order valence-electron chi connectivity index (χ2n) is 19.6. The van der Waals surface area contributed by atoms with Crippen LogP contribution in [-0.2, 0) is 10.8 Å². The van der Waals surface area contributed by atoms with Crippen LogP contribution in [-0.4, -0.2) is 0 Å². The molecule has 0 N–H and O–H groups in total. The molecule has 0 radical (unpaired) electrons. The average Bonchev–Trinajstić information content (AvgIpc) is 4.16. The summed E-state index contributed by atoms with van der Waals surface area (Å²) in [7, 11) is 0. The van der Waals surface area contributed by atoms with Crippen LogP contribution in [0.1, 0.15) is 61.8 Å². The molecule has 3 unspecified atom stereocenters. The third-order valence-electron chi connectivity index (χ3n) is 16.1. The summed E-state index contributed by atoms with van der Waals surface area (Å²) in [6.07, 6.45) is 5.32. The molecule has 306 valence electrons. The van der Waals surface area contributed by atoms with E-state index in [0.29, 0.717) is 5.92 Å². The van der Waals surface area contributed by atoms with E-state index in [4.69, 9.17) is 0 Å². The molecule has 9 aromatic carbocycles. The van der Waals surface area contributed by atoms with Gasteiger partial charge in [0.15, 0.2) is 0 Å². The Morgan fingerprint density at radius 2 is 1.17 bits per heavy atom. The van der Waals surface area contributed by atoms with Gasteiger partial charge in [0, 0.05) is 47.9 Å². The lowest BCUT2D eigenvalue weighted by Gasteiger charge is -2.37. The number of para-hydroxylation sites is 1. The van der Waals surface area contributed by atoms with Gasteiger partial charge in [-0.15, -0.1) is 11.3 Å². The van der Waals surface area contributed by atoms with Crippen molar-refractivity contribution in [3.8, 4) is 44.5 Å². The van der Waals surface area contributed by atoms with Crippen molar-refractivity contribution in [3.63, 3.8) is 0 Å². The molecular formula is C62H47NS. The van der Waals surface area contributed by atoms with Gasteiger partial charge in [0.05, 0.1) is 5.69 Å². The molecule has 0 saturated heterocycles. The van der Waals surface area contributed by atoms with E-state index in [9.17, 15) is 0 Å². The molecule has 2 fully saturated rings. The van der Waals surface area contributed by atoms with E-state index >= 15 is 0 Å². The summed E-state index contributed by atoms with van der Waals surface area (Å²) in [6, 6.07) is 71.8. The first-order valence-corrected chi connectivity index (χ1v) is 24.1. The minimum atomic E-state index is -0.0943. The first-order chi connectivity index (χ1) is 31.5. The van der Waals surface area contributed by atoms with Gasteiger partial charge in [0.2, 0.25) is 0 Å². The van der Waals surface area contributed by atoms with Crippen molar-refractivity contribution in [2.24, 2.45) is 11.8 Å². The highest BCUT2D eigenvalue weighted by Gasteiger charge is 2.56. The maximum atomic E-state index is 2.61. The molecule has 2 heteroatoms. The van der Waals surface area contributed by atoms with Gasteiger partial charge in [0.25, 0.3) is 0 Å². The van der Waals surface area contributed by atoms with Crippen LogP contribution < -0.4 is 4.90 Å². The molecular weight excluding hydrogens is 791 g/mol. The van der Waals surface area contributed by atoms with Crippen molar-refractivity contribution >= 4 is 59.3 Å². The lowest BCUT2D eigenvalue weighted by Crippen LogP contribution is -2.32. The molecule has 0 aliphatic heterocycles. The van der Waals surface area contributed by atoms with E-state index in [1.54, 1.807) is 5.56 Å². The van der Waals surface area contributed by atoms with Crippen molar-refractivity contribution in [1.82, 2.24) is 0 Å². The Morgan fingerprint density at radius 1 is 0.500 bits per heavy atom. The van der Waals surface area contributed by atoms with E-state index < -0.39 is 0 Å². The SMILES string of the molecule is CC1(C)c2ccccc2-c2cccc(-c3ccc(N(c4ccc5c(c4)C4(CC6CCC4C6)c4ccccc4-5)c4ccccc4-c4cccc5sc6c7ccccc7ccc6c45)cc3)c21. The van der Waals surface area contributed by atoms with Crippen LogP contribution in [0.25, 0.3) is 75.5 Å². The highest BCUT2D eigenvalue weighted by atomic mass is 32.1. The number of rotatable bonds is 5. The Morgan fingerprint density at radius 3 is 2.00 bits per heavy atom. The van der Waals surface area contributed by atoms with Gasteiger partial charge in [-0.2, -0.15) is 0 Å². The molecule has 1 spiro atoms. The van der Waals surface area contributed by atoms with Crippen LogP contribution in [0, 0.1) is 11.8 Å². The molecule has 0 amide bonds. The minimum Gasteiger partial charge on any atom is -0.310 e. The van der Waals surface area contributed by atoms with Gasteiger partial charge in [-0.3, -0.25) is 0 Å². The molecule has 2 bridgehead atoms. The van der Waals surface area contributed by atoms with Gasteiger partial charge in [-0.25, -0.2) is 0 Å². The fourth-order valence-electron chi connectivity index (χ4n) is 13.5. The number of fused-ring (bicyclic) bond motifs is 16. The summed E-state index contributed by atoms with van der Waals surface area (Å²) >= 11 is 1.92. The maximum absolute atomic E-state index is 2.61.